The topological polar surface area (TPSA) is 34.9 Å². The zero-order valence-electron chi connectivity index (χ0n) is 11.4. The maximum atomic E-state index is 14.8. The first-order chi connectivity index (χ1) is 10.6. The Bertz CT molecular complexity index is 891. The Morgan fingerprint density at radius 2 is 1.86 bits per heavy atom. The highest BCUT2D eigenvalue weighted by molar-refractivity contribution is 5.85. The van der Waals surface area contributed by atoms with Crippen molar-refractivity contribution in [2.45, 2.75) is 6.54 Å². The minimum Gasteiger partial charge on any atom is -0.342 e. The van der Waals surface area contributed by atoms with E-state index in [2.05, 4.69) is 4.98 Å². The van der Waals surface area contributed by atoms with Gasteiger partial charge in [-0.05, 0) is 23.8 Å². The number of aromatic nitrogens is 2. The number of fused-ring (bicyclic) bond motifs is 1. The SMILES string of the molecule is O=c1ccn(CCF)c2c(F)c(-c3ccncc3)c(F)cc12. The molecule has 0 amide bonds. The summed E-state index contributed by atoms with van der Waals surface area (Å²) in [5.74, 6) is -1.72. The van der Waals surface area contributed by atoms with E-state index in [-0.39, 0.29) is 23.0 Å². The average Bonchev–Trinajstić information content (AvgIpc) is 2.51. The van der Waals surface area contributed by atoms with Gasteiger partial charge in [-0.15, -0.1) is 0 Å². The van der Waals surface area contributed by atoms with Gasteiger partial charge in [0.1, 0.15) is 12.5 Å². The summed E-state index contributed by atoms with van der Waals surface area (Å²) in [6.45, 7) is -0.839. The Kier molecular flexibility index (Phi) is 3.66. The Balaban J connectivity index is 2.41. The number of rotatable bonds is 3. The van der Waals surface area contributed by atoms with Crippen molar-refractivity contribution < 1.29 is 13.2 Å². The summed E-state index contributed by atoms with van der Waals surface area (Å²) in [4.78, 5) is 15.6. The molecule has 2 aromatic heterocycles. The highest BCUT2D eigenvalue weighted by Crippen LogP contribution is 2.30. The molecule has 22 heavy (non-hydrogen) atoms. The van der Waals surface area contributed by atoms with Gasteiger partial charge in [0.25, 0.3) is 0 Å². The number of nitrogens with zero attached hydrogens (tertiary/aromatic N) is 2. The predicted octanol–water partition coefficient (Wildman–Crippen LogP) is 3.31. The molecule has 1 aromatic carbocycles. The second-order valence-electron chi connectivity index (χ2n) is 4.74. The van der Waals surface area contributed by atoms with E-state index < -0.39 is 23.7 Å². The lowest BCUT2D eigenvalue weighted by Gasteiger charge is -2.13. The highest BCUT2D eigenvalue weighted by atomic mass is 19.1. The molecule has 0 saturated heterocycles. The summed E-state index contributed by atoms with van der Waals surface area (Å²) in [5.41, 5.74) is -0.564. The van der Waals surface area contributed by atoms with Crippen molar-refractivity contribution in [2.24, 2.45) is 0 Å². The molecule has 3 aromatic rings. The van der Waals surface area contributed by atoms with E-state index in [4.69, 9.17) is 0 Å². The summed E-state index contributed by atoms with van der Waals surface area (Å²) in [5, 5.41) is -0.108. The van der Waals surface area contributed by atoms with Gasteiger partial charge in [0.15, 0.2) is 11.2 Å². The first-order valence-corrected chi connectivity index (χ1v) is 6.61. The molecule has 0 aliphatic rings. The van der Waals surface area contributed by atoms with Crippen LogP contribution in [0.4, 0.5) is 13.2 Å². The summed E-state index contributed by atoms with van der Waals surface area (Å²) >= 11 is 0. The summed E-state index contributed by atoms with van der Waals surface area (Å²) in [6.07, 6.45) is 4.14. The molecule has 0 atom stereocenters. The lowest BCUT2D eigenvalue weighted by molar-refractivity contribution is 0.447. The molecule has 2 heterocycles. The van der Waals surface area contributed by atoms with Gasteiger partial charge in [-0.2, -0.15) is 0 Å². The number of alkyl halides is 1. The molecule has 0 bridgehead atoms. The molecule has 0 saturated carbocycles. The molecular weight excluding hydrogens is 293 g/mol. The van der Waals surface area contributed by atoms with Gasteiger partial charge < -0.3 is 4.57 Å². The third kappa shape index (κ3) is 2.26. The van der Waals surface area contributed by atoms with Crippen LogP contribution in [0.3, 0.4) is 0 Å². The summed E-state index contributed by atoms with van der Waals surface area (Å²) in [7, 11) is 0. The van der Waals surface area contributed by atoms with Gasteiger partial charge in [-0.3, -0.25) is 9.78 Å². The van der Waals surface area contributed by atoms with E-state index in [0.717, 1.165) is 6.07 Å². The molecule has 0 radical (unpaired) electrons. The molecule has 112 valence electrons. The first-order valence-electron chi connectivity index (χ1n) is 6.61. The molecule has 0 unspecified atom stereocenters. The van der Waals surface area contributed by atoms with Crippen LogP contribution in [0.15, 0.2) is 47.7 Å². The Hall–Kier alpha value is -2.63. The van der Waals surface area contributed by atoms with Crippen LogP contribution in [0.25, 0.3) is 22.0 Å². The fourth-order valence-electron chi connectivity index (χ4n) is 2.46. The van der Waals surface area contributed by atoms with Gasteiger partial charge >= 0.3 is 0 Å². The van der Waals surface area contributed by atoms with Crippen LogP contribution >= 0.6 is 0 Å². The molecule has 3 nitrogen and oxygen atoms in total. The number of hydrogen-bond acceptors (Lipinski definition) is 2. The van der Waals surface area contributed by atoms with Gasteiger partial charge in [0, 0.05) is 24.7 Å². The van der Waals surface area contributed by atoms with Crippen LogP contribution in [0.1, 0.15) is 0 Å². The van der Waals surface area contributed by atoms with E-state index in [0.29, 0.717) is 5.56 Å². The van der Waals surface area contributed by atoms with Crippen molar-refractivity contribution in [2.75, 3.05) is 6.67 Å². The van der Waals surface area contributed by atoms with Crippen LogP contribution in [-0.4, -0.2) is 16.2 Å². The summed E-state index contributed by atoms with van der Waals surface area (Å²) < 4.78 is 43.0. The van der Waals surface area contributed by atoms with Crippen LogP contribution in [0.2, 0.25) is 0 Å². The smallest absolute Gasteiger partial charge is 0.189 e. The Morgan fingerprint density at radius 1 is 1.14 bits per heavy atom. The van der Waals surface area contributed by atoms with Gasteiger partial charge in [0.05, 0.1) is 23.0 Å². The zero-order chi connectivity index (χ0) is 15.7. The number of hydrogen-bond donors (Lipinski definition) is 0. The van der Waals surface area contributed by atoms with Crippen LogP contribution in [-0.2, 0) is 6.54 Å². The molecule has 0 aliphatic carbocycles. The Morgan fingerprint density at radius 3 is 2.55 bits per heavy atom. The van der Waals surface area contributed by atoms with E-state index in [1.807, 2.05) is 0 Å². The maximum Gasteiger partial charge on any atom is 0.189 e. The average molecular weight is 304 g/mol. The third-order valence-corrected chi connectivity index (χ3v) is 3.45. The van der Waals surface area contributed by atoms with Crippen molar-refractivity contribution in [3.8, 4) is 11.1 Å². The predicted molar refractivity (Wildman–Crippen MR) is 77.3 cm³/mol. The van der Waals surface area contributed by atoms with Crippen LogP contribution in [0.5, 0.6) is 0 Å². The lowest BCUT2D eigenvalue weighted by Crippen LogP contribution is -2.12. The Labute approximate surface area is 123 Å². The van der Waals surface area contributed by atoms with Gasteiger partial charge in [0.2, 0.25) is 0 Å². The molecule has 0 N–H and O–H groups in total. The minimum absolute atomic E-state index is 0.0987. The monoisotopic (exact) mass is 304 g/mol. The van der Waals surface area contributed by atoms with E-state index in [1.54, 1.807) is 0 Å². The van der Waals surface area contributed by atoms with E-state index in [9.17, 15) is 18.0 Å². The highest BCUT2D eigenvalue weighted by Gasteiger charge is 2.19. The van der Waals surface area contributed by atoms with Gasteiger partial charge in [-0.25, -0.2) is 13.2 Å². The van der Waals surface area contributed by atoms with Crippen molar-refractivity contribution in [1.29, 1.82) is 0 Å². The quantitative estimate of drug-likeness (QED) is 0.744. The van der Waals surface area contributed by atoms with Crippen molar-refractivity contribution >= 4 is 10.9 Å². The fourth-order valence-corrected chi connectivity index (χ4v) is 2.46. The summed E-state index contributed by atoms with van der Waals surface area (Å²) in [6, 6.07) is 5.09. The van der Waals surface area contributed by atoms with Crippen molar-refractivity contribution in [3.63, 3.8) is 0 Å². The second kappa shape index (κ2) is 5.63. The number of halogens is 3. The van der Waals surface area contributed by atoms with Crippen molar-refractivity contribution in [1.82, 2.24) is 9.55 Å². The maximum absolute atomic E-state index is 14.8. The number of pyridine rings is 2. The molecule has 0 fully saturated rings. The third-order valence-electron chi connectivity index (χ3n) is 3.45. The second-order valence-corrected chi connectivity index (χ2v) is 4.74. The molecule has 3 rings (SSSR count). The van der Waals surface area contributed by atoms with Crippen LogP contribution in [0, 0.1) is 11.6 Å². The molecular formula is C16H11F3N2O. The first kappa shape index (κ1) is 14.3. The number of aryl methyl sites for hydroxylation is 1. The van der Waals surface area contributed by atoms with E-state index >= 15 is 0 Å². The normalized spacial score (nSPS) is 11.0. The van der Waals surface area contributed by atoms with E-state index in [1.165, 1.54) is 41.4 Å². The molecule has 0 spiro atoms. The molecule has 6 heteroatoms. The van der Waals surface area contributed by atoms with Crippen molar-refractivity contribution in [3.05, 3.63) is 64.7 Å². The van der Waals surface area contributed by atoms with Crippen LogP contribution < -0.4 is 5.43 Å². The number of benzene rings is 1. The van der Waals surface area contributed by atoms with Gasteiger partial charge in [-0.1, -0.05) is 0 Å². The largest absolute Gasteiger partial charge is 0.342 e. The molecule has 0 aliphatic heterocycles. The zero-order valence-corrected chi connectivity index (χ0v) is 11.4. The lowest BCUT2D eigenvalue weighted by atomic mass is 10.0. The standard InChI is InChI=1S/C16H11F3N2O/c17-4-8-21-7-3-13(22)11-9-12(18)14(15(19)16(11)21)10-1-5-20-6-2-10/h1-3,5-7,9H,4,8H2. The fraction of sp³-hybridized carbons (Fsp3) is 0.125. The minimum atomic E-state index is -0.882.